The standard InChI is InChI=1S/C17H19N3O5S/c1-17(2,3)13-9-26-14(19-13)8-18-15(21)10-5-11(16(22)25-4)7-12(6-10)20(23)24/h5-7,9H,8H2,1-4H3,(H,18,21). The predicted molar refractivity (Wildman–Crippen MR) is 96.4 cm³/mol. The Bertz CT molecular complexity index is 854. The normalized spacial score (nSPS) is 11.1. The lowest BCUT2D eigenvalue weighted by Gasteiger charge is -2.14. The summed E-state index contributed by atoms with van der Waals surface area (Å²) in [5, 5.41) is 16.4. The molecule has 0 atom stereocenters. The molecule has 1 heterocycles. The second-order valence-corrected chi connectivity index (χ2v) is 7.52. The lowest BCUT2D eigenvalue weighted by atomic mass is 9.93. The van der Waals surface area contributed by atoms with Crippen LogP contribution in [0.3, 0.4) is 0 Å². The SMILES string of the molecule is COC(=O)c1cc(C(=O)NCc2nc(C(C)(C)C)cs2)cc([N+](=O)[O-])c1. The number of rotatable bonds is 5. The van der Waals surface area contributed by atoms with E-state index in [1.54, 1.807) is 0 Å². The van der Waals surface area contributed by atoms with Crippen LogP contribution < -0.4 is 5.32 Å². The molecule has 0 bridgehead atoms. The van der Waals surface area contributed by atoms with E-state index >= 15 is 0 Å². The molecular formula is C17H19N3O5S. The van der Waals surface area contributed by atoms with Crippen LogP contribution in [0, 0.1) is 10.1 Å². The third-order valence-corrected chi connectivity index (χ3v) is 4.38. The topological polar surface area (TPSA) is 111 Å². The molecule has 2 rings (SSSR count). The third kappa shape index (κ3) is 4.63. The van der Waals surface area contributed by atoms with Gasteiger partial charge in [0.15, 0.2) is 0 Å². The van der Waals surface area contributed by atoms with Crippen LogP contribution in [0.4, 0.5) is 5.69 Å². The van der Waals surface area contributed by atoms with Gasteiger partial charge in [0, 0.05) is 28.5 Å². The maximum atomic E-state index is 12.4. The number of nitro benzene ring substituents is 1. The Kier molecular flexibility index (Phi) is 5.71. The predicted octanol–water partition coefficient (Wildman–Crippen LogP) is 3.07. The van der Waals surface area contributed by atoms with Gasteiger partial charge in [0.05, 0.1) is 29.8 Å². The maximum absolute atomic E-state index is 12.4. The fourth-order valence-electron chi connectivity index (χ4n) is 2.08. The Balaban J connectivity index is 2.18. The number of amides is 1. The number of esters is 1. The molecular weight excluding hydrogens is 358 g/mol. The number of aromatic nitrogens is 1. The van der Waals surface area contributed by atoms with Crippen molar-refractivity contribution in [2.24, 2.45) is 0 Å². The zero-order valence-corrected chi connectivity index (χ0v) is 15.7. The number of nitrogens with zero attached hydrogens (tertiary/aromatic N) is 2. The van der Waals surface area contributed by atoms with Gasteiger partial charge in [0.2, 0.25) is 0 Å². The number of hydrogen-bond acceptors (Lipinski definition) is 7. The van der Waals surface area contributed by atoms with E-state index in [4.69, 9.17) is 0 Å². The van der Waals surface area contributed by atoms with Crippen LogP contribution in [-0.2, 0) is 16.7 Å². The van der Waals surface area contributed by atoms with Crippen molar-refractivity contribution >= 4 is 28.9 Å². The van der Waals surface area contributed by atoms with Crippen molar-refractivity contribution in [1.29, 1.82) is 0 Å². The Morgan fingerprint density at radius 3 is 2.46 bits per heavy atom. The zero-order valence-electron chi connectivity index (χ0n) is 14.9. The highest BCUT2D eigenvalue weighted by Gasteiger charge is 2.20. The fraction of sp³-hybridized carbons (Fsp3) is 0.353. The highest BCUT2D eigenvalue weighted by atomic mass is 32.1. The Morgan fingerprint density at radius 1 is 1.27 bits per heavy atom. The molecule has 138 valence electrons. The first-order chi connectivity index (χ1) is 12.1. The molecule has 0 saturated heterocycles. The number of non-ortho nitro benzene ring substituents is 1. The molecule has 0 radical (unpaired) electrons. The number of methoxy groups -OCH3 is 1. The van der Waals surface area contributed by atoms with E-state index in [9.17, 15) is 19.7 Å². The van der Waals surface area contributed by atoms with Crippen molar-refractivity contribution in [2.45, 2.75) is 32.7 Å². The van der Waals surface area contributed by atoms with Crippen molar-refractivity contribution in [3.63, 3.8) is 0 Å². The molecule has 1 aromatic heterocycles. The first-order valence-electron chi connectivity index (χ1n) is 7.72. The van der Waals surface area contributed by atoms with Gasteiger partial charge in [-0.15, -0.1) is 11.3 Å². The molecule has 0 saturated carbocycles. The number of benzene rings is 1. The van der Waals surface area contributed by atoms with Gasteiger partial charge < -0.3 is 10.1 Å². The van der Waals surface area contributed by atoms with Gasteiger partial charge in [-0.25, -0.2) is 9.78 Å². The lowest BCUT2D eigenvalue weighted by molar-refractivity contribution is -0.384. The van der Waals surface area contributed by atoms with Gasteiger partial charge in [-0.1, -0.05) is 20.8 Å². The Labute approximate surface area is 154 Å². The molecule has 8 nitrogen and oxygen atoms in total. The van der Waals surface area contributed by atoms with E-state index in [2.05, 4.69) is 15.0 Å². The van der Waals surface area contributed by atoms with E-state index in [0.29, 0.717) is 0 Å². The van der Waals surface area contributed by atoms with Gasteiger partial charge in [0.25, 0.3) is 11.6 Å². The lowest BCUT2D eigenvalue weighted by Crippen LogP contribution is -2.23. The van der Waals surface area contributed by atoms with Crippen molar-refractivity contribution in [3.8, 4) is 0 Å². The molecule has 0 unspecified atom stereocenters. The van der Waals surface area contributed by atoms with Gasteiger partial charge in [-0.05, 0) is 6.07 Å². The molecule has 1 aromatic carbocycles. The number of nitro groups is 1. The quantitative estimate of drug-likeness (QED) is 0.487. The first kappa shape index (κ1) is 19.5. The molecule has 26 heavy (non-hydrogen) atoms. The van der Waals surface area contributed by atoms with Crippen LogP contribution in [0.5, 0.6) is 0 Å². The van der Waals surface area contributed by atoms with Crippen LogP contribution in [-0.4, -0.2) is 28.9 Å². The minimum absolute atomic E-state index is 0.00667. The Hall–Kier alpha value is -2.81. The number of hydrogen-bond donors (Lipinski definition) is 1. The van der Waals surface area contributed by atoms with Crippen LogP contribution in [0.2, 0.25) is 0 Å². The molecule has 0 fully saturated rings. The van der Waals surface area contributed by atoms with Gasteiger partial charge in [-0.3, -0.25) is 14.9 Å². The smallest absolute Gasteiger partial charge is 0.338 e. The molecule has 0 aliphatic carbocycles. The molecule has 0 aliphatic heterocycles. The van der Waals surface area contributed by atoms with Gasteiger partial charge in [-0.2, -0.15) is 0 Å². The average molecular weight is 377 g/mol. The molecule has 1 amide bonds. The van der Waals surface area contributed by atoms with E-state index in [-0.39, 0.29) is 28.8 Å². The minimum Gasteiger partial charge on any atom is -0.465 e. The van der Waals surface area contributed by atoms with Crippen LogP contribution in [0.1, 0.15) is 52.2 Å². The number of carbonyl (C=O) groups is 2. The largest absolute Gasteiger partial charge is 0.465 e. The minimum atomic E-state index is -0.752. The average Bonchev–Trinajstić information content (AvgIpc) is 3.07. The van der Waals surface area contributed by atoms with Crippen LogP contribution >= 0.6 is 11.3 Å². The second-order valence-electron chi connectivity index (χ2n) is 6.58. The summed E-state index contributed by atoms with van der Waals surface area (Å²) in [6, 6.07) is 3.44. The van der Waals surface area contributed by atoms with Crippen LogP contribution in [0.25, 0.3) is 0 Å². The molecule has 9 heteroatoms. The number of nitrogens with one attached hydrogen (secondary N) is 1. The summed E-state index contributed by atoms with van der Waals surface area (Å²) in [6.07, 6.45) is 0. The summed E-state index contributed by atoms with van der Waals surface area (Å²) in [5.74, 6) is -1.29. The summed E-state index contributed by atoms with van der Waals surface area (Å²) >= 11 is 1.43. The molecule has 2 aromatic rings. The van der Waals surface area contributed by atoms with E-state index in [0.717, 1.165) is 29.9 Å². The monoisotopic (exact) mass is 377 g/mol. The van der Waals surface area contributed by atoms with E-state index < -0.39 is 16.8 Å². The maximum Gasteiger partial charge on any atom is 0.338 e. The van der Waals surface area contributed by atoms with E-state index in [1.807, 2.05) is 26.2 Å². The summed E-state index contributed by atoms with van der Waals surface area (Å²) in [7, 11) is 1.16. The fourth-order valence-corrected chi connectivity index (χ4v) is 3.04. The van der Waals surface area contributed by atoms with Gasteiger partial charge >= 0.3 is 5.97 Å². The highest BCUT2D eigenvalue weighted by Crippen LogP contribution is 2.24. The zero-order chi connectivity index (χ0) is 19.5. The first-order valence-corrected chi connectivity index (χ1v) is 8.60. The molecule has 1 N–H and O–H groups in total. The Morgan fingerprint density at radius 2 is 1.92 bits per heavy atom. The highest BCUT2D eigenvalue weighted by molar-refractivity contribution is 7.09. The number of carbonyl (C=O) groups excluding carboxylic acids is 2. The summed E-state index contributed by atoms with van der Waals surface area (Å²) in [6.45, 7) is 6.32. The molecule has 0 spiro atoms. The summed E-state index contributed by atoms with van der Waals surface area (Å²) in [4.78, 5) is 38.8. The summed E-state index contributed by atoms with van der Waals surface area (Å²) < 4.78 is 4.57. The second kappa shape index (κ2) is 7.61. The number of thiazole rings is 1. The van der Waals surface area contributed by atoms with Crippen molar-refractivity contribution in [1.82, 2.24) is 10.3 Å². The number of ether oxygens (including phenoxy) is 1. The van der Waals surface area contributed by atoms with E-state index in [1.165, 1.54) is 17.4 Å². The summed E-state index contributed by atoms with van der Waals surface area (Å²) in [5.41, 5.74) is 0.425. The molecule has 0 aliphatic rings. The van der Waals surface area contributed by atoms with Crippen molar-refractivity contribution in [2.75, 3.05) is 7.11 Å². The third-order valence-electron chi connectivity index (χ3n) is 3.53. The van der Waals surface area contributed by atoms with Crippen molar-refractivity contribution < 1.29 is 19.2 Å². The van der Waals surface area contributed by atoms with Crippen LogP contribution in [0.15, 0.2) is 23.6 Å². The van der Waals surface area contributed by atoms with Crippen molar-refractivity contribution in [3.05, 3.63) is 55.5 Å². The van der Waals surface area contributed by atoms with Gasteiger partial charge in [0.1, 0.15) is 5.01 Å².